The van der Waals surface area contributed by atoms with Crippen molar-refractivity contribution in [2.75, 3.05) is 10.6 Å². The molecule has 3 aromatic rings. The first-order valence-corrected chi connectivity index (χ1v) is 9.40. The van der Waals surface area contributed by atoms with E-state index < -0.39 is 0 Å². The van der Waals surface area contributed by atoms with Gasteiger partial charge in [0.25, 0.3) is 0 Å². The summed E-state index contributed by atoms with van der Waals surface area (Å²) in [4.78, 5) is 9.07. The lowest BCUT2D eigenvalue weighted by molar-refractivity contribution is 0.721. The molecule has 1 aliphatic rings. The van der Waals surface area contributed by atoms with E-state index in [4.69, 9.17) is 5.73 Å². The first kappa shape index (κ1) is 17.5. The minimum absolute atomic E-state index is 0.229. The van der Waals surface area contributed by atoms with Gasteiger partial charge < -0.3 is 16.4 Å². The maximum absolute atomic E-state index is 6.06. The second kappa shape index (κ2) is 7.36. The maximum atomic E-state index is 6.06. The molecule has 0 saturated heterocycles. The van der Waals surface area contributed by atoms with Crippen molar-refractivity contribution < 1.29 is 0 Å². The van der Waals surface area contributed by atoms with Crippen molar-refractivity contribution in [3.8, 4) is 0 Å². The third-order valence-corrected chi connectivity index (χ3v) is 4.69. The standard InChI is InChI=1S/C20H25N7/c1-3-4-17-11-19(27-26-17)24-18-7-12(2)22-20(25-18)23-16-6-5-13-8-15(21)9-14(13)10-16/h5-7,10-11,15H,3-4,8-9,21H2,1-2H3,(H3,22,23,24,25,26,27). The smallest absolute Gasteiger partial charge is 0.229 e. The lowest BCUT2D eigenvalue weighted by atomic mass is 10.1. The summed E-state index contributed by atoms with van der Waals surface area (Å²) in [5.41, 5.74) is 11.7. The van der Waals surface area contributed by atoms with E-state index in [2.05, 4.69) is 55.9 Å². The van der Waals surface area contributed by atoms with Gasteiger partial charge in [-0.3, -0.25) is 5.10 Å². The Bertz CT molecular complexity index is 947. The molecule has 0 radical (unpaired) electrons. The predicted octanol–water partition coefficient (Wildman–Crippen LogP) is 3.37. The number of aromatic amines is 1. The van der Waals surface area contributed by atoms with Gasteiger partial charge in [-0.25, -0.2) is 4.98 Å². The number of rotatable bonds is 6. The van der Waals surface area contributed by atoms with Crippen LogP contribution in [-0.4, -0.2) is 26.2 Å². The minimum Gasteiger partial charge on any atom is -0.327 e. The summed E-state index contributed by atoms with van der Waals surface area (Å²) in [6.07, 6.45) is 3.93. The number of anilines is 4. The fourth-order valence-corrected chi connectivity index (χ4v) is 3.50. The predicted molar refractivity (Wildman–Crippen MR) is 108 cm³/mol. The van der Waals surface area contributed by atoms with E-state index in [9.17, 15) is 0 Å². The minimum atomic E-state index is 0.229. The summed E-state index contributed by atoms with van der Waals surface area (Å²) in [6.45, 7) is 4.10. The molecule has 27 heavy (non-hydrogen) atoms. The molecule has 7 nitrogen and oxygen atoms in total. The highest BCUT2D eigenvalue weighted by atomic mass is 15.2. The Morgan fingerprint density at radius 1 is 1.07 bits per heavy atom. The number of H-pyrrole nitrogens is 1. The number of nitrogens with two attached hydrogens (primary N) is 1. The Morgan fingerprint density at radius 3 is 2.78 bits per heavy atom. The van der Waals surface area contributed by atoms with Gasteiger partial charge in [0.15, 0.2) is 5.82 Å². The molecule has 0 spiro atoms. The van der Waals surface area contributed by atoms with Crippen LogP contribution in [0.5, 0.6) is 0 Å². The highest BCUT2D eigenvalue weighted by molar-refractivity contribution is 5.60. The van der Waals surface area contributed by atoms with Crippen LogP contribution in [0.25, 0.3) is 0 Å². The summed E-state index contributed by atoms with van der Waals surface area (Å²) in [6, 6.07) is 10.5. The number of aromatic nitrogens is 4. The summed E-state index contributed by atoms with van der Waals surface area (Å²) in [5, 5.41) is 13.9. The molecule has 0 amide bonds. The molecule has 0 saturated carbocycles. The molecule has 0 bridgehead atoms. The maximum Gasteiger partial charge on any atom is 0.229 e. The number of hydrogen-bond acceptors (Lipinski definition) is 6. The van der Waals surface area contributed by atoms with Crippen LogP contribution in [0.15, 0.2) is 30.3 Å². The Kier molecular flexibility index (Phi) is 4.77. The van der Waals surface area contributed by atoms with E-state index in [0.717, 1.165) is 48.6 Å². The van der Waals surface area contributed by atoms with Gasteiger partial charge in [0.1, 0.15) is 5.82 Å². The average Bonchev–Trinajstić information content (AvgIpc) is 3.19. The van der Waals surface area contributed by atoms with Gasteiger partial charge in [-0.05, 0) is 49.4 Å². The van der Waals surface area contributed by atoms with Crippen molar-refractivity contribution in [3.63, 3.8) is 0 Å². The van der Waals surface area contributed by atoms with Crippen LogP contribution in [0.4, 0.5) is 23.3 Å². The van der Waals surface area contributed by atoms with Crippen LogP contribution in [0.1, 0.15) is 35.9 Å². The lowest BCUT2D eigenvalue weighted by Gasteiger charge is -2.10. The summed E-state index contributed by atoms with van der Waals surface area (Å²) in [7, 11) is 0. The number of hydrogen-bond donors (Lipinski definition) is 4. The number of nitrogens with one attached hydrogen (secondary N) is 3. The highest BCUT2D eigenvalue weighted by Gasteiger charge is 2.18. The monoisotopic (exact) mass is 363 g/mol. The zero-order chi connectivity index (χ0) is 18.8. The molecule has 2 aromatic heterocycles. The second-order valence-electron chi connectivity index (χ2n) is 7.15. The molecule has 1 unspecified atom stereocenters. The lowest BCUT2D eigenvalue weighted by Crippen LogP contribution is -2.18. The molecule has 5 N–H and O–H groups in total. The van der Waals surface area contributed by atoms with Gasteiger partial charge in [-0.2, -0.15) is 10.1 Å². The van der Waals surface area contributed by atoms with Crippen molar-refractivity contribution in [2.24, 2.45) is 5.73 Å². The first-order valence-electron chi connectivity index (χ1n) is 9.40. The molecule has 0 aliphatic heterocycles. The summed E-state index contributed by atoms with van der Waals surface area (Å²) >= 11 is 0. The van der Waals surface area contributed by atoms with Gasteiger partial charge in [-0.1, -0.05) is 19.4 Å². The zero-order valence-corrected chi connectivity index (χ0v) is 15.7. The Morgan fingerprint density at radius 2 is 1.93 bits per heavy atom. The van der Waals surface area contributed by atoms with Crippen molar-refractivity contribution in [3.05, 3.63) is 52.8 Å². The van der Waals surface area contributed by atoms with Gasteiger partial charge in [0.2, 0.25) is 5.95 Å². The number of fused-ring (bicyclic) bond motifs is 1. The van der Waals surface area contributed by atoms with Gasteiger partial charge in [0, 0.05) is 35.2 Å². The molecule has 1 atom stereocenters. The van der Waals surface area contributed by atoms with Gasteiger partial charge >= 0.3 is 0 Å². The molecule has 140 valence electrons. The Labute approximate surface area is 158 Å². The van der Waals surface area contributed by atoms with Crippen molar-refractivity contribution in [2.45, 2.75) is 45.6 Å². The Hall–Kier alpha value is -2.93. The third-order valence-electron chi connectivity index (χ3n) is 4.69. The molecule has 7 heteroatoms. The van der Waals surface area contributed by atoms with Crippen LogP contribution < -0.4 is 16.4 Å². The average molecular weight is 363 g/mol. The fourth-order valence-electron chi connectivity index (χ4n) is 3.50. The van der Waals surface area contributed by atoms with E-state index in [1.165, 1.54) is 11.1 Å². The molecule has 2 heterocycles. The normalized spacial score (nSPS) is 15.6. The van der Waals surface area contributed by atoms with E-state index >= 15 is 0 Å². The van der Waals surface area contributed by atoms with Crippen LogP contribution in [-0.2, 0) is 19.3 Å². The van der Waals surface area contributed by atoms with Gasteiger partial charge in [0.05, 0.1) is 0 Å². The second-order valence-corrected chi connectivity index (χ2v) is 7.15. The number of nitrogens with zero attached hydrogens (tertiary/aromatic N) is 3. The van der Waals surface area contributed by atoms with Crippen molar-refractivity contribution in [1.29, 1.82) is 0 Å². The fraction of sp³-hybridized carbons (Fsp3) is 0.350. The topological polar surface area (TPSA) is 105 Å². The SMILES string of the molecule is CCCc1cc(Nc2cc(C)nc(Nc3ccc4c(c3)CC(N)C4)n2)n[nH]1. The molecule has 4 rings (SSSR count). The van der Waals surface area contributed by atoms with Crippen LogP contribution in [0, 0.1) is 6.92 Å². The van der Waals surface area contributed by atoms with Crippen LogP contribution >= 0.6 is 0 Å². The first-order chi connectivity index (χ1) is 13.1. The van der Waals surface area contributed by atoms with E-state index in [-0.39, 0.29) is 6.04 Å². The quantitative estimate of drug-likeness (QED) is 0.535. The van der Waals surface area contributed by atoms with Crippen molar-refractivity contribution in [1.82, 2.24) is 20.2 Å². The van der Waals surface area contributed by atoms with Crippen LogP contribution in [0.2, 0.25) is 0 Å². The molecular weight excluding hydrogens is 338 g/mol. The van der Waals surface area contributed by atoms with Crippen LogP contribution in [0.3, 0.4) is 0 Å². The molecular formula is C20H25N7. The summed E-state index contributed by atoms with van der Waals surface area (Å²) in [5.74, 6) is 2.03. The highest BCUT2D eigenvalue weighted by Crippen LogP contribution is 2.26. The van der Waals surface area contributed by atoms with Crippen molar-refractivity contribution >= 4 is 23.3 Å². The van der Waals surface area contributed by atoms with E-state index in [1.54, 1.807) is 0 Å². The molecule has 1 aromatic carbocycles. The zero-order valence-electron chi connectivity index (χ0n) is 15.7. The van der Waals surface area contributed by atoms with E-state index in [0.29, 0.717) is 11.8 Å². The Balaban J connectivity index is 1.51. The summed E-state index contributed by atoms with van der Waals surface area (Å²) < 4.78 is 0. The largest absolute Gasteiger partial charge is 0.327 e. The number of benzene rings is 1. The van der Waals surface area contributed by atoms with Gasteiger partial charge in [-0.15, -0.1) is 0 Å². The molecule has 1 aliphatic carbocycles. The number of aryl methyl sites for hydroxylation is 2. The third kappa shape index (κ3) is 4.09. The molecule has 0 fully saturated rings. The van der Waals surface area contributed by atoms with E-state index in [1.807, 2.05) is 19.1 Å².